The Morgan fingerprint density at radius 3 is 2.49 bits per heavy atom. The summed E-state index contributed by atoms with van der Waals surface area (Å²) in [7, 11) is 0. The van der Waals surface area contributed by atoms with Gasteiger partial charge in [0.15, 0.2) is 0 Å². The number of fused-ring (bicyclic) bond motifs is 1. The predicted molar refractivity (Wildman–Crippen MR) is 141 cm³/mol. The van der Waals surface area contributed by atoms with Crippen LogP contribution in [0, 0.1) is 6.92 Å². The van der Waals surface area contributed by atoms with Crippen LogP contribution in [0.5, 0.6) is 0 Å². The van der Waals surface area contributed by atoms with Gasteiger partial charge in [-0.15, -0.1) is 11.3 Å². The summed E-state index contributed by atoms with van der Waals surface area (Å²) in [6.07, 6.45) is 1.75. The van der Waals surface area contributed by atoms with E-state index >= 15 is 0 Å². The summed E-state index contributed by atoms with van der Waals surface area (Å²) in [6.45, 7) is 5.67. The molecule has 2 aromatic carbocycles. The third-order valence-corrected chi connectivity index (χ3v) is 8.35. The molecule has 0 spiro atoms. The number of aryl methyl sites for hydroxylation is 1. The van der Waals surface area contributed by atoms with E-state index in [1.54, 1.807) is 11.3 Å². The van der Waals surface area contributed by atoms with Gasteiger partial charge in [-0.05, 0) is 66.1 Å². The molecule has 1 fully saturated rings. The number of hydrogen-bond acceptors (Lipinski definition) is 4. The van der Waals surface area contributed by atoms with Crippen LogP contribution in [0.25, 0.3) is 0 Å². The minimum Gasteiger partial charge on any atom is -0.340 e. The van der Waals surface area contributed by atoms with Crippen molar-refractivity contribution in [1.82, 2.24) is 14.7 Å². The molecule has 0 unspecified atom stereocenters. The number of amides is 2. The highest BCUT2D eigenvalue weighted by atomic mass is 35.5. The SMILES string of the molecule is Cc1ccccc1C(=O)N1CCCN(C(=O)CN2CCc3sccc3[C@@H]2c2ccc(Cl)cc2)CC1. The number of thiophene rings is 1. The monoisotopic (exact) mass is 507 g/mol. The van der Waals surface area contributed by atoms with E-state index in [9.17, 15) is 9.59 Å². The molecular formula is C28H30ClN3O2S. The molecule has 1 saturated heterocycles. The first-order valence-corrected chi connectivity index (χ1v) is 13.5. The molecule has 1 aromatic heterocycles. The van der Waals surface area contributed by atoms with Crippen LogP contribution in [-0.4, -0.2) is 65.8 Å². The molecule has 35 heavy (non-hydrogen) atoms. The Hall–Kier alpha value is -2.67. The maximum Gasteiger partial charge on any atom is 0.254 e. The van der Waals surface area contributed by atoms with Crippen molar-refractivity contribution in [1.29, 1.82) is 0 Å². The number of hydrogen-bond donors (Lipinski definition) is 0. The maximum absolute atomic E-state index is 13.5. The van der Waals surface area contributed by atoms with Crippen LogP contribution in [0.15, 0.2) is 60.0 Å². The van der Waals surface area contributed by atoms with Crippen molar-refractivity contribution in [2.24, 2.45) is 0 Å². The maximum atomic E-state index is 13.5. The first-order chi connectivity index (χ1) is 17.0. The van der Waals surface area contributed by atoms with Gasteiger partial charge in [0.25, 0.3) is 5.91 Å². The fraction of sp³-hybridized carbons (Fsp3) is 0.357. The Morgan fingerprint density at radius 2 is 1.69 bits per heavy atom. The van der Waals surface area contributed by atoms with E-state index in [0.29, 0.717) is 37.7 Å². The van der Waals surface area contributed by atoms with Gasteiger partial charge in [-0.25, -0.2) is 0 Å². The molecule has 0 radical (unpaired) electrons. The van der Waals surface area contributed by atoms with Crippen LogP contribution in [0.4, 0.5) is 0 Å². The highest BCUT2D eigenvalue weighted by Gasteiger charge is 2.32. The van der Waals surface area contributed by atoms with Crippen LogP contribution in [0.3, 0.4) is 0 Å². The Balaban J connectivity index is 1.28. The number of carbonyl (C=O) groups excluding carboxylic acids is 2. The zero-order chi connectivity index (χ0) is 24.4. The lowest BCUT2D eigenvalue weighted by molar-refractivity contribution is -0.132. The molecule has 2 amide bonds. The third kappa shape index (κ3) is 5.15. The third-order valence-electron chi connectivity index (χ3n) is 7.10. The van der Waals surface area contributed by atoms with Crippen LogP contribution in [0.1, 0.15) is 44.4 Å². The van der Waals surface area contributed by atoms with Crippen molar-refractivity contribution < 1.29 is 9.59 Å². The topological polar surface area (TPSA) is 43.9 Å². The van der Waals surface area contributed by atoms with Crippen molar-refractivity contribution in [3.8, 4) is 0 Å². The summed E-state index contributed by atoms with van der Waals surface area (Å²) in [5.41, 5.74) is 4.19. The quantitative estimate of drug-likeness (QED) is 0.497. The summed E-state index contributed by atoms with van der Waals surface area (Å²) in [5.74, 6) is 0.189. The molecule has 5 rings (SSSR count). The van der Waals surface area contributed by atoms with Crippen molar-refractivity contribution in [2.45, 2.75) is 25.8 Å². The largest absolute Gasteiger partial charge is 0.340 e. The molecule has 2 aliphatic rings. The molecule has 0 N–H and O–H groups in total. The van der Waals surface area contributed by atoms with Gasteiger partial charge < -0.3 is 9.80 Å². The van der Waals surface area contributed by atoms with E-state index in [-0.39, 0.29) is 17.9 Å². The molecule has 2 aliphatic heterocycles. The Morgan fingerprint density at radius 1 is 0.943 bits per heavy atom. The number of carbonyl (C=O) groups is 2. The van der Waals surface area contributed by atoms with Crippen molar-refractivity contribution >= 4 is 34.8 Å². The first kappa shape index (κ1) is 24.0. The average molecular weight is 508 g/mol. The van der Waals surface area contributed by atoms with Gasteiger partial charge in [-0.3, -0.25) is 14.5 Å². The molecular weight excluding hydrogens is 478 g/mol. The molecule has 0 aliphatic carbocycles. The van der Waals surface area contributed by atoms with E-state index < -0.39 is 0 Å². The lowest BCUT2D eigenvalue weighted by Gasteiger charge is -2.37. The van der Waals surface area contributed by atoms with Crippen molar-refractivity contribution in [3.05, 3.63) is 92.1 Å². The smallest absolute Gasteiger partial charge is 0.254 e. The number of rotatable bonds is 4. The summed E-state index contributed by atoms with van der Waals surface area (Å²) in [4.78, 5) is 34.1. The normalized spacial score (nSPS) is 18.7. The Labute approximate surface area is 215 Å². The fourth-order valence-corrected chi connectivity index (χ4v) is 6.23. The second-order valence-corrected chi connectivity index (χ2v) is 10.8. The number of nitrogens with zero attached hydrogens (tertiary/aromatic N) is 3. The Kier molecular flexibility index (Phi) is 7.23. The second-order valence-electron chi connectivity index (χ2n) is 9.32. The van der Waals surface area contributed by atoms with Gasteiger partial charge in [0, 0.05) is 48.2 Å². The zero-order valence-corrected chi connectivity index (χ0v) is 21.5. The number of halogens is 1. The lowest BCUT2D eigenvalue weighted by Crippen LogP contribution is -2.45. The van der Waals surface area contributed by atoms with Gasteiger partial charge in [0.1, 0.15) is 0 Å². The van der Waals surface area contributed by atoms with Crippen LogP contribution < -0.4 is 0 Å². The van der Waals surface area contributed by atoms with Crippen LogP contribution >= 0.6 is 22.9 Å². The van der Waals surface area contributed by atoms with Gasteiger partial charge >= 0.3 is 0 Å². The summed E-state index contributed by atoms with van der Waals surface area (Å²) < 4.78 is 0. The average Bonchev–Trinajstić information content (AvgIpc) is 3.20. The van der Waals surface area contributed by atoms with Gasteiger partial charge in [-0.1, -0.05) is 41.9 Å². The highest BCUT2D eigenvalue weighted by Crippen LogP contribution is 2.38. The van der Waals surface area contributed by atoms with E-state index in [1.807, 2.05) is 53.1 Å². The second kappa shape index (κ2) is 10.5. The van der Waals surface area contributed by atoms with Crippen LogP contribution in [-0.2, 0) is 11.2 Å². The molecule has 7 heteroatoms. The van der Waals surface area contributed by atoms with Gasteiger partial charge in [0.2, 0.25) is 5.91 Å². The molecule has 5 nitrogen and oxygen atoms in total. The molecule has 1 atom stereocenters. The van der Waals surface area contributed by atoms with Crippen LogP contribution in [0.2, 0.25) is 5.02 Å². The summed E-state index contributed by atoms with van der Waals surface area (Å²) in [5, 5.41) is 2.86. The number of benzene rings is 2. The minimum absolute atomic E-state index is 0.0531. The van der Waals surface area contributed by atoms with Gasteiger partial charge in [-0.2, -0.15) is 0 Å². The lowest BCUT2D eigenvalue weighted by atomic mass is 9.93. The minimum atomic E-state index is 0.0531. The molecule has 182 valence electrons. The van der Waals surface area contributed by atoms with E-state index in [2.05, 4.69) is 28.5 Å². The first-order valence-electron chi connectivity index (χ1n) is 12.2. The van der Waals surface area contributed by atoms with E-state index in [4.69, 9.17) is 11.6 Å². The predicted octanol–water partition coefficient (Wildman–Crippen LogP) is 5.03. The molecule has 3 heterocycles. The Bertz CT molecular complexity index is 1210. The standard InChI is InChI=1S/C28H30ClN3O2S/c1-20-5-2-3-6-23(20)28(34)31-14-4-13-30(16-17-31)26(33)19-32-15-11-25-24(12-18-35-25)27(32)21-7-9-22(29)10-8-21/h2-3,5-10,12,18,27H,4,11,13-17,19H2,1H3/t27-/m0/s1. The fourth-order valence-electron chi connectivity index (χ4n) is 5.20. The van der Waals surface area contributed by atoms with Crippen molar-refractivity contribution in [2.75, 3.05) is 39.3 Å². The van der Waals surface area contributed by atoms with Crippen molar-refractivity contribution in [3.63, 3.8) is 0 Å². The van der Waals surface area contributed by atoms with Gasteiger partial charge in [0.05, 0.1) is 12.6 Å². The zero-order valence-electron chi connectivity index (χ0n) is 20.0. The van der Waals surface area contributed by atoms with E-state index in [0.717, 1.165) is 36.1 Å². The van der Waals surface area contributed by atoms with E-state index in [1.165, 1.54) is 10.4 Å². The highest BCUT2D eigenvalue weighted by molar-refractivity contribution is 7.10. The molecule has 0 bridgehead atoms. The molecule has 3 aromatic rings. The molecule has 0 saturated carbocycles. The summed E-state index contributed by atoms with van der Waals surface area (Å²) in [6, 6.07) is 17.9. The summed E-state index contributed by atoms with van der Waals surface area (Å²) >= 11 is 7.94.